The monoisotopic (exact) mass is 391 g/mol. The SMILES string of the molecule is COc1ccccc1CCCCNC(=O)c1ccc(OC)c(S(C)(=O)=O)c1. The van der Waals surface area contributed by atoms with Gasteiger partial charge in [-0.15, -0.1) is 0 Å². The maximum Gasteiger partial charge on any atom is 0.251 e. The molecule has 0 saturated carbocycles. The third kappa shape index (κ3) is 5.72. The highest BCUT2D eigenvalue weighted by atomic mass is 32.2. The number of hydrogen-bond acceptors (Lipinski definition) is 5. The van der Waals surface area contributed by atoms with Crippen LogP contribution in [-0.4, -0.2) is 41.3 Å². The van der Waals surface area contributed by atoms with E-state index < -0.39 is 9.84 Å². The molecule has 0 spiro atoms. The van der Waals surface area contributed by atoms with Gasteiger partial charge in [0.05, 0.1) is 14.2 Å². The summed E-state index contributed by atoms with van der Waals surface area (Å²) in [6, 6.07) is 12.3. The van der Waals surface area contributed by atoms with Gasteiger partial charge in [-0.2, -0.15) is 0 Å². The molecule has 6 nitrogen and oxygen atoms in total. The molecule has 0 aromatic heterocycles. The van der Waals surface area contributed by atoms with Crippen LogP contribution in [0.1, 0.15) is 28.8 Å². The number of amides is 1. The average Bonchev–Trinajstić information content (AvgIpc) is 2.66. The normalized spacial score (nSPS) is 11.1. The van der Waals surface area contributed by atoms with Crippen molar-refractivity contribution >= 4 is 15.7 Å². The van der Waals surface area contributed by atoms with Crippen molar-refractivity contribution in [2.24, 2.45) is 0 Å². The molecule has 146 valence electrons. The first-order chi connectivity index (χ1) is 12.9. The van der Waals surface area contributed by atoms with Crippen molar-refractivity contribution in [3.8, 4) is 11.5 Å². The van der Waals surface area contributed by atoms with Gasteiger partial charge in [0.1, 0.15) is 16.4 Å². The zero-order chi connectivity index (χ0) is 19.9. The molecule has 0 radical (unpaired) electrons. The minimum absolute atomic E-state index is 0.00817. The van der Waals surface area contributed by atoms with E-state index in [4.69, 9.17) is 9.47 Å². The van der Waals surface area contributed by atoms with Crippen LogP contribution in [0, 0.1) is 0 Å². The van der Waals surface area contributed by atoms with E-state index in [1.807, 2.05) is 24.3 Å². The fourth-order valence-corrected chi connectivity index (χ4v) is 3.62. The number of para-hydroxylation sites is 1. The summed E-state index contributed by atoms with van der Waals surface area (Å²) in [4.78, 5) is 12.3. The van der Waals surface area contributed by atoms with Gasteiger partial charge in [0.2, 0.25) is 0 Å². The smallest absolute Gasteiger partial charge is 0.251 e. The average molecular weight is 391 g/mol. The Morgan fingerprint density at radius 3 is 2.37 bits per heavy atom. The highest BCUT2D eigenvalue weighted by molar-refractivity contribution is 7.90. The third-order valence-corrected chi connectivity index (χ3v) is 5.29. The molecule has 0 aliphatic heterocycles. The summed E-state index contributed by atoms with van der Waals surface area (Å²) in [6.45, 7) is 0.508. The lowest BCUT2D eigenvalue weighted by atomic mass is 10.1. The Labute approximate surface area is 160 Å². The molecule has 0 heterocycles. The zero-order valence-electron chi connectivity index (χ0n) is 15.8. The lowest BCUT2D eigenvalue weighted by Gasteiger charge is -2.10. The Kier molecular flexibility index (Phi) is 7.24. The summed E-state index contributed by atoms with van der Waals surface area (Å²) in [7, 11) is -0.439. The topological polar surface area (TPSA) is 81.7 Å². The molecule has 0 unspecified atom stereocenters. The quantitative estimate of drug-likeness (QED) is 0.665. The van der Waals surface area contributed by atoms with Crippen LogP contribution in [0.3, 0.4) is 0 Å². The van der Waals surface area contributed by atoms with Crippen LogP contribution < -0.4 is 14.8 Å². The number of benzene rings is 2. The second-order valence-electron chi connectivity index (χ2n) is 6.16. The van der Waals surface area contributed by atoms with Crippen LogP contribution in [0.25, 0.3) is 0 Å². The van der Waals surface area contributed by atoms with E-state index in [1.54, 1.807) is 13.2 Å². The lowest BCUT2D eigenvalue weighted by Crippen LogP contribution is -2.24. The van der Waals surface area contributed by atoms with E-state index >= 15 is 0 Å². The molecule has 2 aromatic carbocycles. The molecule has 0 aliphatic carbocycles. The van der Waals surface area contributed by atoms with E-state index in [0.29, 0.717) is 12.1 Å². The second-order valence-corrected chi connectivity index (χ2v) is 8.15. The molecule has 0 fully saturated rings. The van der Waals surface area contributed by atoms with E-state index in [-0.39, 0.29) is 16.6 Å². The summed E-state index contributed by atoms with van der Waals surface area (Å²) < 4.78 is 34.1. The molecular formula is C20H25NO5S. The number of carbonyl (C=O) groups is 1. The van der Waals surface area contributed by atoms with Crippen LogP contribution in [0.4, 0.5) is 0 Å². The highest BCUT2D eigenvalue weighted by Crippen LogP contribution is 2.24. The Bertz CT molecular complexity index is 893. The van der Waals surface area contributed by atoms with Gasteiger partial charge in [-0.25, -0.2) is 8.42 Å². The Morgan fingerprint density at radius 2 is 1.70 bits per heavy atom. The van der Waals surface area contributed by atoms with Gasteiger partial charge in [0, 0.05) is 18.4 Å². The molecule has 2 aromatic rings. The van der Waals surface area contributed by atoms with Crippen LogP contribution in [0.2, 0.25) is 0 Å². The molecule has 2 rings (SSSR count). The van der Waals surface area contributed by atoms with Gasteiger partial charge >= 0.3 is 0 Å². The maximum atomic E-state index is 12.3. The van der Waals surface area contributed by atoms with E-state index in [2.05, 4.69) is 5.32 Å². The summed E-state index contributed by atoms with van der Waals surface area (Å²) in [5.74, 6) is 0.791. The Balaban J connectivity index is 1.89. The molecular weight excluding hydrogens is 366 g/mol. The molecule has 0 saturated heterocycles. The van der Waals surface area contributed by atoms with Crippen LogP contribution in [-0.2, 0) is 16.3 Å². The van der Waals surface area contributed by atoms with Gasteiger partial charge in [-0.3, -0.25) is 4.79 Å². The van der Waals surface area contributed by atoms with Gasteiger partial charge < -0.3 is 14.8 Å². The largest absolute Gasteiger partial charge is 0.496 e. The Hall–Kier alpha value is -2.54. The standard InChI is InChI=1S/C20H25NO5S/c1-25-17-10-5-4-8-15(17)9-6-7-13-21-20(22)16-11-12-18(26-2)19(14-16)27(3,23)24/h4-5,8,10-12,14H,6-7,9,13H2,1-3H3,(H,21,22). The number of nitrogens with one attached hydrogen (secondary N) is 1. The van der Waals surface area contributed by atoms with Crippen LogP contribution >= 0.6 is 0 Å². The molecule has 0 atom stereocenters. The van der Waals surface area contributed by atoms with Crippen molar-refractivity contribution < 1.29 is 22.7 Å². The molecule has 1 N–H and O–H groups in total. The summed E-state index contributed by atoms with van der Waals surface area (Å²) in [5.41, 5.74) is 1.43. The summed E-state index contributed by atoms with van der Waals surface area (Å²) in [6.07, 6.45) is 3.65. The molecule has 27 heavy (non-hydrogen) atoms. The van der Waals surface area contributed by atoms with Crippen molar-refractivity contribution in [3.05, 3.63) is 53.6 Å². The number of ether oxygens (including phenoxy) is 2. The fraction of sp³-hybridized carbons (Fsp3) is 0.350. The first-order valence-corrected chi connectivity index (χ1v) is 10.5. The van der Waals surface area contributed by atoms with E-state index in [1.165, 1.54) is 19.2 Å². The number of unbranched alkanes of at least 4 members (excludes halogenated alkanes) is 1. The predicted molar refractivity (Wildman–Crippen MR) is 104 cm³/mol. The Morgan fingerprint density at radius 1 is 1.00 bits per heavy atom. The highest BCUT2D eigenvalue weighted by Gasteiger charge is 2.17. The first-order valence-electron chi connectivity index (χ1n) is 8.65. The fourth-order valence-electron chi connectivity index (χ4n) is 2.76. The van der Waals surface area contributed by atoms with Crippen molar-refractivity contribution in [2.75, 3.05) is 27.0 Å². The van der Waals surface area contributed by atoms with Gasteiger partial charge in [-0.05, 0) is 49.1 Å². The number of carbonyl (C=O) groups excluding carboxylic acids is 1. The van der Waals surface area contributed by atoms with E-state index in [0.717, 1.165) is 36.8 Å². The predicted octanol–water partition coefficient (Wildman–Crippen LogP) is 2.86. The zero-order valence-corrected chi connectivity index (χ0v) is 16.6. The maximum absolute atomic E-state index is 12.3. The number of aryl methyl sites for hydroxylation is 1. The van der Waals surface area contributed by atoms with Gasteiger partial charge in [0.15, 0.2) is 9.84 Å². The summed E-state index contributed by atoms with van der Waals surface area (Å²) in [5, 5.41) is 2.82. The van der Waals surface area contributed by atoms with Crippen molar-refractivity contribution in [1.29, 1.82) is 0 Å². The van der Waals surface area contributed by atoms with Crippen molar-refractivity contribution in [1.82, 2.24) is 5.32 Å². The van der Waals surface area contributed by atoms with Gasteiger partial charge in [0.25, 0.3) is 5.91 Å². The van der Waals surface area contributed by atoms with Crippen molar-refractivity contribution in [2.45, 2.75) is 24.2 Å². The number of rotatable bonds is 9. The number of sulfone groups is 1. The second kappa shape index (κ2) is 9.41. The van der Waals surface area contributed by atoms with Crippen molar-refractivity contribution in [3.63, 3.8) is 0 Å². The molecule has 0 bridgehead atoms. The molecule has 0 aliphatic rings. The number of methoxy groups -OCH3 is 2. The third-order valence-electron chi connectivity index (χ3n) is 4.18. The van der Waals surface area contributed by atoms with E-state index in [9.17, 15) is 13.2 Å². The molecule has 7 heteroatoms. The molecule has 1 amide bonds. The minimum atomic E-state index is -3.48. The number of hydrogen-bond donors (Lipinski definition) is 1. The van der Waals surface area contributed by atoms with Crippen LogP contribution in [0.15, 0.2) is 47.4 Å². The minimum Gasteiger partial charge on any atom is -0.496 e. The lowest BCUT2D eigenvalue weighted by molar-refractivity contribution is 0.0952. The van der Waals surface area contributed by atoms with Gasteiger partial charge in [-0.1, -0.05) is 18.2 Å². The summed E-state index contributed by atoms with van der Waals surface area (Å²) >= 11 is 0. The van der Waals surface area contributed by atoms with Crippen LogP contribution in [0.5, 0.6) is 11.5 Å². The first kappa shape index (κ1) is 20.8.